The first-order chi connectivity index (χ1) is 12.5. The highest BCUT2D eigenvalue weighted by Crippen LogP contribution is 2.19. The molecule has 7 heteroatoms. The van der Waals surface area contributed by atoms with Gasteiger partial charge in [0.2, 0.25) is 15.9 Å². The monoisotopic (exact) mass is 372 g/mol. The summed E-state index contributed by atoms with van der Waals surface area (Å²) in [6.45, 7) is 3.61. The standard InChI is InChI=1S/C19H20N2O4S/c1-3-14-20-26(23,24)17-11-9-16(10-12-17)21-19(22)13-8-15-6-4-5-7-18(15)25-2/h3-13,20H,1,14H2,2H3,(H,21,22)/b13-8+. The maximum atomic E-state index is 12.0. The Balaban J connectivity index is 2.03. The summed E-state index contributed by atoms with van der Waals surface area (Å²) in [7, 11) is -2.02. The van der Waals surface area contributed by atoms with Crippen molar-refractivity contribution in [3.05, 3.63) is 72.8 Å². The Morgan fingerprint density at radius 3 is 2.50 bits per heavy atom. The average Bonchev–Trinajstić information content (AvgIpc) is 2.65. The summed E-state index contributed by atoms with van der Waals surface area (Å²) < 4.78 is 31.5. The average molecular weight is 372 g/mol. The number of rotatable bonds is 8. The Morgan fingerprint density at radius 2 is 1.85 bits per heavy atom. The van der Waals surface area contributed by atoms with Crippen molar-refractivity contribution in [2.45, 2.75) is 4.90 Å². The first kappa shape index (κ1) is 19.4. The van der Waals surface area contributed by atoms with Crippen molar-refractivity contribution in [2.75, 3.05) is 19.0 Å². The number of methoxy groups -OCH3 is 1. The quantitative estimate of drug-likeness (QED) is 0.551. The van der Waals surface area contributed by atoms with E-state index in [9.17, 15) is 13.2 Å². The molecule has 26 heavy (non-hydrogen) atoms. The molecule has 0 saturated carbocycles. The molecule has 0 fully saturated rings. The molecule has 2 rings (SSSR count). The van der Waals surface area contributed by atoms with Gasteiger partial charge < -0.3 is 10.1 Å². The first-order valence-corrected chi connectivity index (χ1v) is 9.27. The zero-order valence-corrected chi connectivity index (χ0v) is 15.1. The molecule has 2 N–H and O–H groups in total. The van der Waals surface area contributed by atoms with Crippen LogP contribution in [-0.2, 0) is 14.8 Å². The maximum Gasteiger partial charge on any atom is 0.248 e. The number of benzene rings is 2. The zero-order chi connectivity index (χ0) is 19.0. The summed E-state index contributed by atoms with van der Waals surface area (Å²) in [5.41, 5.74) is 1.27. The number of nitrogens with one attached hydrogen (secondary N) is 2. The molecular formula is C19H20N2O4S. The minimum atomic E-state index is -3.58. The van der Waals surface area contributed by atoms with Crippen molar-refractivity contribution in [3.63, 3.8) is 0 Å². The highest BCUT2D eigenvalue weighted by molar-refractivity contribution is 7.89. The third-order valence-electron chi connectivity index (χ3n) is 3.40. The molecule has 0 heterocycles. The second kappa shape index (κ2) is 8.98. The van der Waals surface area contributed by atoms with Gasteiger partial charge in [0.05, 0.1) is 12.0 Å². The number of carbonyl (C=O) groups is 1. The fraction of sp³-hybridized carbons (Fsp3) is 0.105. The maximum absolute atomic E-state index is 12.0. The van der Waals surface area contributed by atoms with Crippen LogP contribution in [0.5, 0.6) is 5.75 Å². The van der Waals surface area contributed by atoms with Gasteiger partial charge in [-0.1, -0.05) is 24.3 Å². The normalized spacial score (nSPS) is 11.3. The lowest BCUT2D eigenvalue weighted by atomic mass is 10.2. The van der Waals surface area contributed by atoms with E-state index in [1.54, 1.807) is 19.3 Å². The van der Waals surface area contributed by atoms with Crippen LogP contribution in [0, 0.1) is 0 Å². The SMILES string of the molecule is C=CCNS(=O)(=O)c1ccc(NC(=O)/C=C/c2ccccc2OC)cc1. The molecule has 0 aliphatic carbocycles. The topological polar surface area (TPSA) is 84.5 Å². The van der Waals surface area contributed by atoms with Crippen LogP contribution in [-0.4, -0.2) is 28.0 Å². The van der Waals surface area contributed by atoms with E-state index in [1.807, 2.05) is 18.2 Å². The predicted octanol–water partition coefficient (Wildman–Crippen LogP) is 2.81. The van der Waals surface area contributed by atoms with Gasteiger partial charge in [0.25, 0.3) is 0 Å². The molecule has 0 aliphatic rings. The van der Waals surface area contributed by atoms with Crippen LogP contribution in [0.15, 0.2) is 72.2 Å². The molecule has 0 atom stereocenters. The van der Waals surface area contributed by atoms with Crippen LogP contribution >= 0.6 is 0 Å². The Labute approximate surface area is 153 Å². The van der Waals surface area contributed by atoms with Crippen LogP contribution in [0.2, 0.25) is 0 Å². The van der Waals surface area contributed by atoms with Gasteiger partial charge in [0.1, 0.15) is 5.75 Å². The molecule has 0 radical (unpaired) electrons. The van der Waals surface area contributed by atoms with Crippen molar-refractivity contribution in [1.82, 2.24) is 4.72 Å². The molecule has 0 unspecified atom stereocenters. The second-order valence-corrected chi connectivity index (χ2v) is 7.00. The summed E-state index contributed by atoms with van der Waals surface area (Å²) in [5, 5.41) is 2.67. The van der Waals surface area contributed by atoms with Gasteiger partial charge >= 0.3 is 0 Å². The first-order valence-electron chi connectivity index (χ1n) is 7.79. The number of sulfonamides is 1. The number of amides is 1. The van der Waals surface area contributed by atoms with E-state index in [0.29, 0.717) is 11.4 Å². The van der Waals surface area contributed by atoms with E-state index in [1.165, 1.54) is 36.4 Å². The number of para-hydroxylation sites is 1. The lowest BCUT2D eigenvalue weighted by Crippen LogP contribution is -2.23. The fourth-order valence-electron chi connectivity index (χ4n) is 2.12. The summed E-state index contributed by atoms with van der Waals surface area (Å²) in [4.78, 5) is 12.1. The van der Waals surface area contributed by atoms with Crippen LogP contribution in [0.1, 0.15) is 5.56 Å². The summed E-state index contributed by atoms with van der Waals surface area (Å²) >= 11 is 0. The van der Waals surface area contributed by atoms with Gasteiger partial charge in [-0.25, -0.2) is 13.1 Å². The van der Waals surface area contributed by atoms with Crippen molar-refractivity contribution in [1.29, 1.82) is 0 Å². The molecule has 2 aromatic carbocycles. The van der Waals surface area contributed by atoms with Gasteiger partial charge in [-0.3, -0.25) is 4.79 Å². The molecule has 0 aliphatic heterocycles. The molecule has 136 valence electrons. The number of hydrogen-bond acceptors (Lipinski definition) is 4. The molecule has 0 bridgehead atoms. The highest BCUT2D eigenvalue weighted by atomic mass is 32.2. The van der Waals surface area contributed by atoms with Gasteiger partial charge in [0.15, 0.2) is 0 Å². The number of anilines is 1. The smallest absolute Gasteiger partial charge is 0.248 e. The van der Waals surface area contributed by atoms with Crippen molar-refractivity contribution in [2.24, 2.45) is 0 Å². The Kier molecular flexibility index (Phi) is 6.71. The largest absolute Gasteiger partial charge is 0.496 e. The second-order valence-electron chi connectivity index (χ2n) is 5.23. The van der Waals surface area contributed by atoms with Crippen LogP contribution < -0.4 is 14.8 Å². The van der Waals surface area contributed by atoms with Gasteiger partial charge in [-0.15, -0.1) is 6.58 Å². The lowest BCUT2D eigenvalue weighted by molar-refractivity contribution is -0.111. The summed E-state index contributed by atoms with van der Waals surface area (Å²) in [6.07, 6.45) is 4.49. The molecule has 0 saturated heterocycles. The third kappa shape index (κ3) is 5.30. The minimum Gasteiger partial charge on any atom is -0.496 e. The molecule has 6 nitrogen and oxygen atoms in total. The Hall–Kier alpha value is -2.90. The molecule has 1 amide bonds. The molecular weight excluding hydrogens is 352 g/mol. The van der Waals surface area contributed by atoms with E-state index in [-0.39, 0.29) is 17.3 Å². The van der Waals surface area contributed by atoms with Crippen molar-refractivity contribution < 1.29 is 17.9 Å². The van der Waals surface area contributed by atoms with E-state index >= 15 is 0 Å². The Morgan fingerprint density at radius 1 is 1.15 bits per heavy atom. The Bertz CT molecular complexity index is 903. The molecule has 0 aromatic heterocycles. The lowest BCUT2D eigenvalue weighted by Gasteiger charge is -2.07. The third-order valence-corrected chi connectivity index (χ3v) is 4.84. The predicted molar refractivity (Wildman–Crippen MR) is 102 cm³/mol. The van der Waals surface area contributed by atoms with E-state index < -0.39 is 10.0 Å². The number of carbonyl (C=O) groups excluding carboxylic acids is 1. The number of hydrogen-bond donors (Lipinski definition) is 2. The van der Waals surface area contributed by atoms with Gasteiger partial charge in [0, 0.05) is 23.9 Å². The summed E-state index contributed by atoms with van der Waals surface area (Å²) in [6, 6.07) is 13.2. The van der Waals surface area contributed by atoms with Crippen molar-refractivity contribution >= 4 is 27.7 Å². The van der Waals surface area contributed by atoms with E-state index in [2.05, 4.69) is 16.6 Å². The van der Waals surface area contributed by atoms with Crippen molar-refractivity contribution in [3.8, 4) is 5.75 Å². The fourth-order valence-corrected chi connectivity index (χ4v) is 3.12. The minimum absolute atomic E-state index is 0.113. The molecule has 2 aromatic rings. The van der Waals surface area contributed by atoms with Crippen LogP contribution in [0.4, 0.5) is 5.69 Å². The van der Waals surface area contributed by atoms with Gasteiger partial charge in [-0.05, 0) is 36.4 Å². The van der Waals surface area contributed by atoms with Crippen LogP contribution in [0.3, 0.4) is 0 Å². The number of ether oxygens (including phenoxy) is 1. The van der Waals surface area contributed by atoms with Crippen LogP contribution in [0.25, 0.3) is 6.08 Å². The zero-order valence-electron chi connectivity index (χ0n) is 14.3. The summed E-state index contributed by atoms with van der Waals surface area (Å²) in [5.74, 6) is 0.328. The van der Waals surface area contributed by atoms with E-state index in [0.717, 1.165) is 5.56 Å². The van der Waals surface area contributed by atoms with Gasteiger partial charge in [-0.2, -0.15) is 0 Å². The molecule has 0 spiro atoms. The van der Waals surface area contributed by atoms with E-state index in [4.69, 9.17) is 4.74 Å². The highest BCUT2D eigenvalue weighted by Gasteiger charge is 2.12.